The third-order valence-corrected chi connectivity index (χ3v) is 16.1. The van der Waals surface area contributed by atoms with Gasteiger partial charge in [-0.05, 0) is 77.0 Å². The molecule has 0 bridgehead atoms. The Kier molecular flexibility index (Phi) is 53.2. The lowest BCUT2D eigenvalue weighted by atomic mass is 9.98. The Hall–Kier alpha value is -1.67. The van der Waals surface area contributed by atoms with Crippen LogP contribution in [0.3, 0.4) is 0 Å². The van der Waals surface area contributed by atoms with E-state index in [2.05, 4.69) is 55.6 Å². The van der Waals surface area contributed by atoms with Gasteiger partial charge in [-0.3, -0.25) is 4.79 Å². The molecule has 0 aliphatic carbocycles. The maximum atomic E-state index is 13.2. The fourth-order valence-corrected chi connectivity index (χ4v) is 10.8. The molecule has 1 amide bonds. The van der Waals surface area contributed by atoms with Crippen molar-refractivity contribution in [2.24, 2.45) is 0 Å². The van der Waals surface area contributed by atoms with Crippen molar-refractivity contribution in [1.82, 2.24) is 5.32 Å². The Balaban J connectivity index is 2.27. The minimum atomic E-state index is -1.67. The van der Waals surface area contributed by atoms with Crippen LogP contribution in [0.4, 0.5) is 0 Å². The molecule has 460 valence electrons. The highest BCUT2D eigenvalue weighted by Gasteiger charge is 2.44. The maximum Gasteiger partial charge on any atom is 0.249 e. The molecule has 11 heteroatoms. The predicted octanol–water partition coefficient (Wildman–Crippen LogP) is 15.4. The van der Waals surface area contributed by atoms with Crippen LogP contribution in [0.5, 0.6) is 0 Å². The van der Waals surface area contributed by atoms with Crippen molar-refractivity contribution < 1.29 is 50.0 Å². The number of amides is 1. The quantitative estimate of drug-likeness (QED) is 0.0215. The molecular weight excluding hydrogens is 979 g/mol. The molecule has 78 heavy (non-hydrogen) atoms. The van der Waals surface area contributed by atoms with E-state index in [4.69, 9.17) is 9.47 Å². The van der Waals surface area contributed by atoms with Crippen molar-refractivity contribution in [3.05, 3.63) is 36.5 Å². The van der Waals surface area contributed by atoms with Gasteiger partial charge in [0.1, 0.15) is 36.6 Å². The zero-order valence-corrected chi connectivity index (χ0v) is 50.7. The first kappa shape index (κ1) is 74.3. The Morgan fingerprint density at radius 3 is 1.14 bits per heavy atom. The number of unbranched alkanes of at least 4 members (excludes halogenated alkanes) is 40. The van der Waals surface area contributed by atoms with E-state index < -0.39 is 74.2 Å². The number of hydrogen-bond donors (Lipinski definition) is 8. The molecule has 11 nitrogen and oxygen atoms in total. The Morgan fingerprint density at radius 2 is 0.769 bits per heavy atom. The van der Waals surface area contributed by atoms with Gasteiger partial charge >= 0.3 is 0 Å². The number of rotatable bonds is 58. The van der Waals surface area contributed by atoms with Crippen LogP contribution in [0, 0.1) is 0 Å². The zero-order chi connectivity index (χ0) is 56.8. The summed E-state index contributed by atoms with van der Waals surface area (Å²) >= 11 is 0. The van der Waals surface area contributed by atoms with E-state index >= 15 is 0 Å². The summed E-state index contributed by atoms with van der Waals surface area (Å²) in [6.07, 6.45) is 59.3. The second-order valence-electron chi connectivity index (χ2n) is 23.5. The standard InChI is InChI=1S/C67H127NO10/c1-3-5-7-9-11-13-15-17-19-21-23-25-27-29-30-31-33-34-36-38-40-42-44-46-48-50-52-54-59(70)62(72)58(57-77-67-65(75)64(74)63(73)61(56-69)78-67)68-66(76)60(71)55-53-51-49-47-45-43-41-39-37-35-32-28-26-24-22-20-18-16-14-12-10-8-6-4-2/h32,35,38,40,46,48,58-65,67,69-75H,3-31,33-34,36-37,39,41-45,47,49-57H2,1-2H3,(H,68,76)/b35-32-,40-38+,48-46+. The third-order valence-electron chi connectivity index (χ3n) is 16.1. The smallest absolute Gasteiger partial charge is 0.249 e. The van der Waals surface area contributed by atoms with Crippen LogP contribution >= 0.6 is 0 Å². The van der Waals surface area contributed by atoms with Crippen LogP contribution in [0.15, 0.2) is 36.5 Å². The van der Waals surface area contributed by atoms with Gasteiger partial charge in [0, 0.05) is 0 Å². The number of allylic oxidation sites excluding steroid dienone is 6. The topological polar surface area (TPSA) is 189 Å². The Bertz CT molecular complexity index is 1360. The van der Waals surface area contributed by atoms with Crippen molar-refractivity contribution in [2.45, 2.75) is 371 Å². The summed E-state index contributed by atoms with van der Waals surface area (Å²) in [6.45, 7) is 3.48. The lowest BCUT2D eigenvalue weighted by molar-refractivity contribution is -0.303. The molecule has 0 aromatic rings. The third kappa shape index (κ3) is 43.1. The summed E-state index contributed by atoms with van der Waals surface area (Å²) in [5.74, 6) is -0.709. The fraction of sp³-hybridized carbons (Fsp3) is 0.896. The zero-order valence-electron chi connectivity index (χ0n) is 50.7. The van der Waals surface area contributed by atoms with E-state index in [1.807, 2.05) is 0 Å². The monoisotopic (exact) mass is 1110 g/mol. The molecule has 0 aromatic carbocycles. The largest absolute Gasteiger partial charge is 0.394 e. The molecule has 1 aliphatic rings. The van der Waals surface area contributed by atoms with Crippen LogP contribution in [0.2, 0.25) is 0 Å². The number of carbonyl (C=O) groups is 1. The first-order valence-corrected chi connectivity index (χ1v) is 33.4. The van der Waals surface area contributed by atoms with E-state index in [1.165, 1.54) is 225 Å². The summed E-state index contributed by atoms with van der Waals surface area (Å²) < 4.78 is 11.2. The van der Waals surface area contributed by atoms with Gasteiger partial charge in [-0.25, -0.2) is 0 Å². The second kappa shape index (κ2) is 55.8. The van der Waals surface area contributed by atoms with E-state index in [0.717, 1.165) is 44.9 Å². The summed E-state index contributed by atoms with van der Waals surface area (Å²) in [7, 11) is 0. The van der Waals surface area contributed by atoms with Crippen molar-refractivity contribution in [2.75, 3.05) is 13.2 Å². The molecule has 9 atom stereocenters. The predicted molar refractivity (Wildman–Crippen MR) is 325 cm³/mol. The molecule has 8 N–H and O–H groups in total. The van der Waals surface area contributed by atoms with Gasteiger partial charge < -0.3 is 50.5 Å². The molecule has 1 fully saturated rings. The van der Waals surface area contributed by atoms with E-state index in [9.17, 15) is 40.5 Å². The van der Waals surface area contributed by atoms with Gasteiger partial charge in [-0.1, -0.05) is 275 Å². The molecule has 0 aromatic heterocycles. The van der Waals surface area contributed by atoms with Crippen molar-refractivity contribution >= 4 is 5.91 Å². The molecule has 1 aliphatic heterocycles. The van der Waals surface area contributed by atoms with E-state index in [1.54, 1.807) is 0 Å². The molecule has 0 spiro atoms. The van der Waals surface area contributed by atoms with Crippen LogP contribution in [0.25, 0.3) is 0 Å². The van der Waals surface area contributed by atoms with Gasteiger partial charge in [-0.2, -0.15) is 0 Å². The maximum absolute atomic E-state index is 13.2. The van der Waals surface area contributed by atoms with Gasteiger partial charge in [0.15, 0.2) is 6.29 Å². The normalized spacial score (nSPS) is 19.6. The number of aliphatic hydroxyl groups excluding tert-OH is 7. The summed E-state index contributed by atoms with van der Waals surface area (Å²) in [5, 5.41) is 76.4. The number of hydrogen-bond acceptors (Lipinski definition) is 10. The van der Waals surface area contributed by atoms with Gasteiger partial charge in [0.25, 0.3) is 0 Å². The van der Waals surface area contributed by atoms with E-state index in [-0.39, 0.29) is 12.8 Å². The lowest BCUT2D eigenvalue weighted by Crippen LogP contribution is -2.60. The summed E-state index contributed by atoms with van der Waals surface area (Å²) in [6, 6.07) is -1.19. The molecule has 0 saturated carbocycles. The minimum Gasteiger partial charge on any atom is -0.394 e. The molecule has 1 heterocycles. The average Bonchev–Trinajstić information content (AvgIpc) is 3.46. The molecule has 9 unspecified atom stereocenters. The van der Waals surface area contributed by atoms with Gasteiger partial charge in [0.05, 0.1) is 25.4 Å². The number of ether oxygens (including phenoxy) is 2. The highest BCUT2D eigenvalue weighted by molar-refractivity contribution is 5.80. The Labute approximate surface area is 479 Å². The second-order valence-corrected chi connectivity index (χ2v) is 23.5. The van der Waals surface area contributed by atoms with E-state index in [0.29, 0.717) is 19.3 Å². The van der Waals surface area contributed by atoms with Crippen molar-refractivity contribution in [3.8, 4) is 0 Å². The van der Waals surface area contributed by atoms with Crippen LogP contribution in [-0.2, 0) is 14.3 Å². The van der Waals surface area contributed by atoms with Gasteiger partial charge in [0.2, 0.25) is 5.91 Å². The SMILES string of the molecule is CCCCCCCCCCCCCC/C=C\CCCCCCCCCCC(O)C(=O)NC(COC1OC(CO)C(O)C(O)C1O)C(O)C(O)CCC/C=C/CC/C=C/CCCCCCCCCCCCCCCCCCCC. The summed E-state index contributed by atoms with van der Waals surface area (Å²) in [4.78, 5) is 13.2. The number of carbonyl (C=O) groups excluding carboxylic acids is 1. The lowest BCUT2D eigenvalue weighted by Gasteiger charge is -2.40. The average molecular weight is 1110 g/mol. The number of aliphatic hydroxyl groups is 7. The minimum absolute atomic E-state index is 0.246. The molecule has 1 saturated heterocycles. The Morgan fingerprint density at radius 1 is 0.436 bits per heavy atom. The van der Waals surface area contributed by atoms with Crippen LogP contribution < -0.4 is 5.32 Å². The van der Waals surface area contributed by atoms with Crippen LogP contribution in [0.1, 0.15) is 316 Å². The molecule has 1 rings (SSSR count). The number of nitrogens with one attached hydrogen (secondary N) is 1. The molecule has 0 radical (unpaired) electrons. The highest BCUT2D eigenvalue weighted by atomic mass is 16.7. The molecular formula is C67H127NO10. The van der Waals surface area contributed by atoms with Crippen molar-refractivity contribution in [3.63, 3.8) is 0 Å². The first-order chi connectivity index (χ1) is 38.2. The highest BCUT2D eigenvalue weighted by Crippen LogP contribution is 2.24. The first-order valence-electron chi connectivity index (χ1n) is 33.4. The van der Waals surface area contributed by atoms with Crippen molar-refractivity contribution in [1.29, 1.82) is 0 Å². The van der Waals surface area contributed by atoms with Crippen LogP contribution in [-0.4, -0.2) is 110 Å². The summed E-state index contributed by atoms with van der Waals surface area (Å²) in [5.41, 5.74) is 0. The van der Waals surface area contributed by atoms with Gasteiger partial charge in [-0.15, -0.1) is 0 Å². The fourth-order valence-electron chi connectivity index (χ4n) is 10.8.